The number of carbonyl (C=O) groups is 2. The lowest BCUT2D eigenvalue weighted by Crippen LogP contribution is -2.70. The third kappa shape index (κ3) is 2.25. The van der Waals surface area contributed by atoms with Crippen LogP contribution in [0.5, 0.6) is 0 Å². The van der Waals surface area contributed by atoms with Crippen LogP contribution in [-0.2, 0) is 9.59 Å². The molecule has 2 atom stereocenters. The maximum absolute atomic E-state index is 14.2. The molecule has 0 bridgehead atoms. The fourth-order valence-corrected chi connectivity index (χ4v) is 3.23. The number of hydrogen-bond donors (Lipinski definition) is 1. The predicted molar refractivity (Wildman–Crippen MR) is 80.3 cm³/mol. The first kappa shape index (κ1) is 14.5. The first-order valence-corrected chi connectivity index (χ1v) is 7.74. The minimum Gasteiger partial charge on any atom is -0.340 e. The molecule has 1 N–H and O–H groups in total. The molecule has 2 amide bonds. The van der Waals surface area contributed by atoms with Gasteiger partial charge in [0.2, 0.25) is 5.91 Å². The Morgan fingerprint density at radius 3 is 2.67 bits per heavy atom. The highest BCUT2D eigenvalue weighted by Crippen LogP contribution is 2.43. The monoisotopic (exact) mass is 354 g/mol. The Morgan fingerprint density at radius 2 is 2.05 bits per heavy atom. The van der Waals surface area contributed by atoms with Gasteiger partial charge < -0.3 is 5.32 Å². The lowest BCUT2D eigenvalue weighted by atomic mass is 9.89. The summed E-state index contributed by atoms with van der Waals surface area (Å²) in [4.78, 5) is 26.4. The normalized spacial score (nSPS) is 29.5. The van der Waals surface area contributed by atoms with Crippen LogP contribution >= 0.6 is 15.9 Å². The molecule has 0 aromatic heterocycles. The van der Waals surface area contributed by atoms with Crippen molar-refractivity contribution in [3.63, 3.8) is 0 Å². The zero-order chi connectivity index (χ0) is 15.4. The van der Waals surface area contributed by atoms with Crippen molar-refractivity contribution in [2.45, 2.75) is 38.3 Å². The molecule has 6 heteroatoms. The largest absolute Gasteiger partial charge is 0.340 e. The number of nitrogens with one attached hydrogen (secondary N) is 1. The number of amides is 2. The maximum Gasteiger partial charge on any atom is 0.253 e. The minimum atomic E-state index is -0.932. The number of piperazine rings is 1. The molecule has 1 aromatic carbocycles. The molecule has 2 unspecified atom stereocenters. The van der Waals surface area contributed by atoms with Gasteiger partial charge in [-0.1, -0.05) is 15.9 Å². The fraction of sp³-hybridized carbons (Fsp3) is 0.467. The molecule has 1 heterocycles. The van der Waals surface area contributed by atoms with Gasteiger partial charge in [-0.3, -0.25) is 14.5 Å². The summed E-state index contributed by atoms with van der Waals surface area (Å²) in [5.41, 5.74) is -0.790. The van der Waals surface area contributed by atoms with Crippen molar-refractivity contribution < 1.29 is 14.0 Å². The van der Waals surface area contributed by atoms with E-state index < -0.39 is 17.4 Å². The van der Waals surface area contributed by atoms with Gasteiger partial charge >= 0.3 is 0 Å². The van der Waals surface area contributed by atoms with Crippen molar-refractivity contribution in [3.8, 4) is 0 Å². The van der Waals surface area contributed by atoms with Crippen molar-refractivity contribution >= 4 is 33.4 Å². The zero-order valence-electron chi connectivity index (χ0n) is 11.8. The third-order valence-corrected chi connectivity index (χ3v) is 4.87. The van der Waals surface area contributed by atoms with E-state index in [-0.39, 0.29) is 23.4 Å². The second-order valence-electron chi connectivity index (χ2n) is 5.91. The molecule has 3 rings (SSSR count). The summed E-state index contributed by atoms with van der Waals surface area (Å²) in [5.74, 6) is -0.858. The van der Waals surface area contributed by atoms with Gasteiger partial charge in [-0.05, 0) is 50.8 Å². The van der Waals surface area contributed by atoms with Crippen LogP contribution in [0.2, 0.25) is 0 Å². The minimum absolute atomic E-state index is 0.138. The summed E-state index contributed by atoms with van der Waals surface area (Å²) in [6.07, 6.45) is 1.82. The molecule has 4 nitrogen and oxygen atoms in total. The van der Waals surface area contributed by atoms with Gasteiger partial charge in [-0.2, -0.15) is 0 Å². The Balaban J connectivity index is 2.07. The van der Waals surface area contributed by atoms with E-state index in [2.05, 4.69) is 21.2 Å². The van der Waals surface area contributed by atoms with Crippen molar-refractivity contribution in [2.75, 3.05) is 4.90 Å². The molecule has 112 valence electrons. The summed E-state index contributed by atoms with van der Waals surface area (Å²) in [6, 6.07) is 3.67. The van der Waals surface area contributed by atoms with Crippen molar-refractivity contribution in [3.05, 3.63) is 28.5 Å². The summed E-state index contributed by atoms with van der Waals surface area (Å²) in [7, 11) is 0. The van der Waals surface area contributed by atoms with Crippen LogP contribution in [0.1, 0.15) is 26.7 Å². The highest BCUT2D eigenvalue weighted by Gasteiger charge is 2.55. The van der Waals surface area contributed by atoms with Gasteiger partial charge in [0.15, 0.2) is 0 Å². The quantitative estimate of drug-likeness (QED) is 0.887. The number of hydrogen-bond acceptors (Lipinski definition) is 2. The topological polar surface area (TPSA) is 49.4 Å². The van der Waals surface area contributed by atoms with Crippen LogP contribution in [0, 0.1) is 11.7 Å². The van der Waals surface area contributed by atoms with E-state index in [0.29, 0.717) is 4.47 Å². The van der Waals surface area contributed by atoms with Gasteiger partial charge in [0, 0.05) is 4.47 Å². The van der Waals surface area contributed by atoms with Gasteiger partial charge in [-0.15, -0.1) is 0 Å². The van der Waals surface area contributed by atoms with Gasteiger partial charge in [-0.25, -0.2) is 4.39 Å². The fourth-order valence-electron chi connectivity index (χ4n) is 2.88. The number of rotatable bonds is 2. The molecule has 1 saturated heterocycles. The van der Waals surface area contributed by atoms with Crippen LogP contribution < -0.4 is 10.2 Å². The van der Waals surface area contributed by atoms with Gasteiger partial charge in [0.05, 0.1) is 5.69 Å². The van der Waals surface area contributed by atoms with E-state index >= 15 is 0 Å². The second-order valence-corrected chi connectivity index (χ2v) is 6.83. The number of nitrogens with zero attached hydrogens (tertiary/aromatic N) is 1. The number of benzene rings is 1. The van der Waals surface area contributed by atoms with Crippen LogP contribution in [-0.4, -0.2) is 23.4 Å². The molecular formula is C15H16BrFN2O2. The van der Waals surface area contributed by atoms with Crippen LogP contribution in [0.15, 0.2) is 22.7 Å². The number of halogens is 2. The van der Waals surface area contributed by atoms with Crippen molar-refractivity contribution in [2.24, 2.45) is 5.92 Å². The Kier molecular flexibility index (Phi) is 3.31. The van der Waals surface area contributed by atoms with E-state index in [9.17, 15) is 14.0 Å². The first-order valence-electron chi connectivity index (χ1n) is 6.95. The molecule has 2 fully saturated rings. The van der Waals surface area contributed by atoms with E-state index in [4.69, 9.17) is 0 Å². The average molecular weight is 355 g/mol. The maximum atomic E-state index is 14.2. The van der Waals surface area contributed by atoms with Gasteiger partial charge in [0.25, 0.3) is 5.91 Å². The van der Waals surface area contributed by atoms with Crippen LogP contribution in [0.4, 0.5) is 10.1 Å². The number of carbonyl (C=O) groups excluding carboxylic acids is 2. The molecule has 1 saturated carbocycles. The summed E-state index contributed by atoms with van der Waals surface area (Å²) in [6.45, 7) is 3.35. The predicted octanol–water partition coefficient (Wildman–Crippen LogP) is 2.61. The second kappa shape index (κ2) is 4.80. The SMILES string of the molecule is CC1C(=O)NC(C)(C2CC2)C(=O)N1c1cc(Br)ccc1F. The Labute approximate surface area is 130 Å². The summed E-state index contributed by atoms with van der Waals surface area (Å²) < 4.78 is 14.8. The molecule has 1 aliphatic heterocycles. The van der Waals surface area contributed by atoms with E-state index in [1.807, 2.05) is 0 Å². The average Bonchev–Trinajstić information content (AvgIpc) is 3.25. The summed E-state index contributed by atoms with van der Waals surface area (Å²) in [5, 5.41) is 2.82. The Morgan fingerprint density at radius 1 is 1.38 bits per heavy atom. The lowest BCUT2D eigenvalue weighted by molar-refractivity contribution is -0.138. The Hall–Kier alpha value is -1.43. The lowest BCUT2D eigenvalue weighted by Gasteiger charge is -2.43. The van der Waals surface area contributed by atoms with Crippen LogP contribution in [0.3, 0.4) is 0 Å². The first-order chi connectivity index (χ1) is 9.84. The van der Waals surface area contributed by atoms with Crippen molar-refractivity contribution in [1.29, 1.82) is 0 Å². The smallest absolute Gasteiger partial charge is 0.253 e. The van der Waals surface area contributed by atoms with Gasteiger partial charge in [0.1, 0.15) is 17.4 Å². The molecule has 0 spiro atoms. The molecular weight excluding hydrogens is 339 g/mol. The third-order valence-electron chi connectivity index (χ3n) is 4.37. The highest BCUT2D eigenvalue weighted by molar-refractivity contribution is 9.10. The van der Waals surface area contributed by atoms with E-state index in [1.165, 1.54) is 17.0 Å². The molecule has 2 aliphatic rings. The Bertz CT molecular complexity index is 632. The van der Waals surface area contributed by atoms with E-state index in [1.54, 1.807) is 19.9 Å². The standard InChI is InChI=1S/C15H16BrFN2O2/c1-8-13(20)18-15(2,9-3-4-9)14(21)19(8)12-7-10(16)5-6-11(12)17/h5-9H,3-4H2,1-2H3,(H,18,20). The molecule has 1 aliphatic carbocycles. The molecule has 1 aromatic rings. The highest BCUT2D eigenvalue weighted by atomic mass is 79.9. The zero-order valence-corrected chi connectivity index (χ0v) is 13.4. The summed E-state index contributed by atoms with van der Waals surface area (Å²) >= 11 is 3.28. The molecule has 0 radical (unpaired) electrons. The number of anilines is 1. The van der Waals surface area contributed by atoms with E-state index in [0.717, 1.165) is 12.8 Å². The van der Waals surface area contributed by atoms with Crippen LogP contribution in [0.25, 0.3) is 0 Å². The molecule has 21 heavy (non-hydrogen) atoms. The van der Waals surface area contributed by atoms with Crippen molar-refractivity contribution in [1.82, 2.24) is 5.32 Å².